The van der Waals surface area contributed by atoms with Crippen molar-refractivity contribution in [2.75, 3.05) is 13.1 Å². The topological polar surface area (TPSA) is 42.7 Å². The summed E-state index contributed by atoms with van der Waals surface area (Å²) >= 11 is 0. The molecule has 0 spiro atoms. The lowest BCUT2D eigenvalue weighted by molar-refractivity contribution is 0.350. The molecular formula is C12H16N4. The van der Waals surface area contributed by atoms with E-state index in [1.807, 2.05) is 12.4 Å². The molecule has 84 valence electrons. The number of hydrogen-bond acceptors (Lipinski definition) is 3. The van der Waals surface area contributed by atoms with Crippen LogP contribution in [-0.4, -0.2) is 27.9 Å². The molecule has 1 saturated heterocycles. The third-order valence-corrected chi connectivity index (χ3v) is 3.35. The van der Waals surface area contributed by atoms with Crippen LogP contribution in [-0.2, 0) is 0 Å². The van der Waals surface area contributed by atoms with Crippen LogP contribution in [0.15, 0.2) is 18.5 Å². The van der Waals surface area contributed by atoms with E-state index < -0.39 is 0 Å². The summed E-state index contributed by atoms with van der Waals surface area (Å²) in [5.74, 6) is 0. The van der Waals surface area contributed by atoms with E-state index in [0.717, 1.165) is 31.6 Å². The Balaban J connectivity index is 2.08. The number of nitrogens with one attached hydrogen (secondary N) is 1. The zero-order valence-corrected chi connectivity index (χ0v) is 9.48. The van der Waals surface area contributed by atoms with Gasteiger partial charge in [0, 0.05) is 11.6 Å². The molecule has 3 rings (SSSR count). The van der Waals surface area contributed by atoms with E-state index in [2.05, 4.69) is 33.1 Å². The first-order valence-electron chi connectivity index (χ1n) is 5.86. The first-order chi connectivity index (χ1) is 7.86. The van der Waals surface area contributed by atoms with Crippen molar-refractivity contribution in [3.63, 3.8) is 0 Å². The maximum atomic E-state index is 4.66. The number of nitrogens with zero attached hydrogens (tertiary/aromatic N) is 3. The van der Waals surface area contributed by atoms with Gasteiger partial charge in [-0.2, -0.15) is 5.10 Å². The average molecular weight is 216 g/mol. The molecule has 0 radical (unpaired) electrons. The van der Waals surface area contributed by atoms with Gasteiger partial charge in [-0.1, -0.05) is 0 Å². The van der Waals surface area contributed by atoms with Crippen LogP contribution < -0.4 is 5.32 Å². The fourth-order valence-corrected chi connectivity index (χ4v) is 2.47. The third-order valence-electron chi connectivity index (χ3n) is 3.35. The van der Waals surface area contributed by atoms with Crippen molar-refractivity contribution >= 4 is 10.9 Å². The number of aryl methyl sites for hydroxylation is 1. The van der Waals surface area contributed by atoms with Crippen molar-refractivity contribution in [1.82, 2.24) is 20.1 Å². The molecule has 0 saturated carbocycles. The second kappa shape index (κ2) is 3.87. The van der Waals surface area contributed by atoms with Crippen LogP contribution in [0, 0.1) is 6.92 Å². The molecular weight excluding hydrogens is 200 g/mol. The Hall–Kier alpha value is -1.42. The molecule has 0 bridgehead atoms. The SMILES string of the molecule is Cc1nn(C2CCNCC2)c2cnccc12. The minimum absolute atomic E-state index is 0.529. The highest BCUT2D eigenvalue weighted by molar-refractivity contribution is 5.80. The molecule has 3 heterocycles. The number of rotatable bonds is 1. The van der Waals surface area contributed by atoms with Gasteiger partial charge < -0.3 is 5.32 Å². The van der Waals surface area contributed by atoms with Crippen molar-refractivity contribution in [3.05, 3.63) is 24.2 Å². The van der Waals surface area contributed by atoms with Gasteiger partial charge in [-0.25, -0.2) is 0 Å². The summed E-state index contributed by atoms with van der Waals surface area (Å²) in [6, 6.07) is 2.58. The zero-order chi connectivity index (χ0) is 11.0. The van der Waals surface area contributed by atoms with Crippen molar-refractivity contribution in [2.24, 2.45) is 0 Å². The molecule has 2 aromatic heterocycles. The van der Waals surface area contributed by atoms with Gasteiger partial charge in [0.15, 0.2) is 0 Å². The lowest BCUT2D eigenvalue weighted by Gasteiger charge is -2.23. The second-order valence-corrected chi connectivity index (χ2v) is 4.40. The maximum Gasteiger partial charge on any atom is 0.0871 e. The molecule has 0 atom stereocenters. The van der Waals surface area contributed by atoms with E-state index in [4.69, 9.17) is 0 Å². The highest BCUT2D eigenvalue weighted by Crippen LogP contribution is 2.25. The molecule has 0 aliphatic carbocycles. The summed E-state index contributed by atoms with van der Waals surface area (Å²) in [5.41, 5.74) is 2.28. The van der Waals surface area contributed by atoms with Gasteiger partial charge in [0.05, 0.1) is 23.4 Å². The fourth-order valence-electron chi connectivity index (χ4n) is 2.47. The van der Waals surface area contributed by atoms with Crippen LogP contribution in [0.4, 0.5) is 0 Å². The predicted molar refractivity (Wildman–Crippen MR) is 63.4 cm³/mol. The number of pyridine rings is 1. The molecule has 0 unspecified atom stereocenters. The normalized spacial score (nSPS) is 18.1. The van der Waals surface area contributed by atoms with E-state index in [1.54, 1.807) is 0 Å². The first-order valence-corrected chi connectivity index (χ1v) is 5.86. The molecule has 1 aliphatic rings. The molecule has 4 nitrogen and oxygen atoms in total. The number of aromatic nitrogens is 3. The summed E-state index contributed by atoms with van der Waals surface area (Å²) in [6.07, 6.45) is 6.08. The van der Waals surface area contributed by atoms with Crippen LogP contribution in [0.3, 0.4) is 0 Å². The molecule has 0 amide bonds. The van der Waals surface area contributed by atoms with Crippen LogP contribution in [0.25, 0.3) is 10.9 Å². The lowest BCUT2D eigenvalue weighted by atomic mass is 10.1. The standard InChI is InChI=1S/C12H16N4/c1-9-11-4-7-14-8-12(11)16(15-9)10-2-5-13-6-3-10/h4,7-8,10,13H,2-3,5-6H2,1H3. The van der Waals surface area contributed by atoms with Crippen LogP contribution in [0.1, 0.15) is 24.6 Å². The van der Waals surface area contributed by atoms with Gasteiger partial charge in [0.25, 0.3) is 0 Å². The third kappa shape index (κ3) is 1.50. The van der Waals surface area contributed by atoms with E-state index in [-0.39, 0.29) is 0 Å². The summed E-state index contributed by atoms with van der Waals surface area (Å²) in [4.78, 5) is 4.21. The average Bonchev–Trinajstić information content (AvgIpc) is 2.69. The quantitative estimate of drug-likeness (QED) is 0.788. The molecule has 16 heavy (non-hydrogen) atoms. The van der Waals surface area contributed by atoms with E-state index in [9.17, 15) is 0 Å². The molecule has 1 N–H and O–H groups in total. The van der Waals surface area contributed by atoms with E-state index in [0.29, 0.717) is 6.04 Å². The molecule has 0 aromatic carbocycles. The van der Waals surface area contributed by atoms with Gasteiger partial charge >= 0.3 is 0 Å². The number of fused-ring (bicyclic) bond motifs is 1. The van der Waals surface area contributed by atoms with Gasteiger partial charge in [-0.15, -0.1) is 0 Å². The van der Waals surface area contributed by atoms with Crippen molar-refractivity contribution in [3.8, 4) is 0 Å². The Morgan fingerprint density at radius 3 is 3.00 bits per heavy atom. The Bertz CT molecular complexity index is 497. The van der Waals surface area contributed by atoms with Gasteiger partial charge in [0.1, 0.15) is 0 Å². The predicted octanol–water partition coefficient (Wildman–Crippen LogP) is 1.66. The first kappa shape index (κ1) is 9.78. The highest BCUT2D eigenvalue weighted by atomic mass is 15.3. The van der Waals surface area contributed by atoms with Crippen LogP contribution in [0.2, 0.25) is 0 Å². The Morgan fingerprint density at radius 2 is 2.19 bits per heavy atom. The van der Waals surface area contributed by atoms with Crippen molar-refractivity contribution in [1.29, 1.82) is 0 Å². The number of piperidine rings is 1. The second-order valence-electron chi connectivity index (χ2n) is 4.40. The number of hydrogen-bond donors (Lipinski definition) is 1. The molecule has 4 heteroatoms. The summed E-state index contributed by atoms with van der Waals surface area (Å²) in [7, 11) is 0. The van der Waals surface area contributed by atoms with Crippen LogP contribution >= 0.6 is 0 Å². The molecule has 1 fully saturated rings. The van der Waals surface area contributed by atoms with Gasteiger partial charge in [-0.3, -0.25) is 9.67 Å². The zero-order valence-electron chi connectivity index (χ0n) is 9.48. The summed E-state index contributed by atoms with van der Waals surface area (Å²) in [5, 5.41) is 9.28. The van der Waals surface area contributed by atoms with Crippen LogP contribution in [0.5, 0.6) is 0 Å². The van der Waals surface area contributed by atoms with E-state index >= 15 is 0 Å². The Morgan fingerprint density at radius 1 is 1.38 bits per heavy atom. The largest absolute Gasteiger partial charge is 0.317 e. The smallest absolute Gasteiger partial charge is 0.0871 e. The summed E-state index contributed by atoms with van der Waals surface area (Å²) < 4.78 is 2.17. The Kier molecular flexibility index (Phi) is 2.36. The van der Waals surface area contributed by atoms with Gasteiger partial charge in [-0.05, 0) is 38.9 Å². The lowest BCUT2D eigenvalue weighted by Crippen LogP contribution is -2.29. The Labute approximate surface area is 94.7 Å². The molecule has 2 aromatic rings. The fraction of sp³-hybridized carbons (Fsp3) is 0.500. The monoisotopic (exact) mass is 216 g/mol. The molecule has 1 aliphatic heterocycles. The van der Waals surface area contributed by atoms with Crippen molar-refractivity contribution < 1.29 is 0 Å². The summed E-state index contributed by atoms with van der Waals surface area (Å²) in [6.45, 7) is 4.25. The van der Waals surface area contributed by atoms with Crippen molar-refractivity contribution in [2.45, 2.75) is 25.8 Å². The minimum Gasteiger partial charge on any atom is -0.317 e. The highest BCUT2D eigenvalue weighted by Gasteiger charge is 2.18. The maximum absolute atomic E-state index is 4.66. The van der Waals surface area contributed by atoms with E-state index in [1.165, 1.54) is 10.9 Å². The van der Waals surface area contributed by atoms with Gasteiger partial charge in [0.2, 0.25) is 0 Å². The minimum atomic E-state index is 0.529.